The van der Waals surface area contributed by atoms with Crippen molar-refractivity contribution in [2.45, 2.75) is 45.3 Å². The van der Waals surface area contributed by atoms with E-state index in [0.29, 0.717) is 29.7 Å². The van der Waals surface area contributed by atoms with Gasteiger partial charge in [-0.25, -0.2) is 4.98 Å². The minimum Gasteiger partial charge on any atom is -0.354 e. The molecule has 8 heteroatoms. The smallest absolute Gasteiger partial charge is 0.250 e. The maximum absolute atomic E-state index is 12.2. The molecule has 1 aromatic carbocycles. The van der Waals surface area contributed by atoms with Crippen molar-refractivity contribution < 1.29 is 4.52 Å². The maximum Gasteiger partial charge on any atom is 0.250 e. The van der Waals surface area contributed by atoms with E-state index in [1.165, 1.54) is 24.5 Å². The third kappa shape index (κ3) is 4.69. The van der Waals surface area contributed by atoms with Gasteiger partial charge < -0.3 is 20.1 Å². The first-order chi connectivity index (χ1) is 16.5. The van der Waals surface area contributed by atoms with Gasteiger partial charge in [-0.1, -0.05) is 29.4 Å². The Morgan fingerprint density at radius 1 is 1.15 bits per heavy atom. The highest BCUT2D eigenvalue weighted by Gasteiger charge is 2.20. The minimum absolute atomic E-state index is 0.101. The quantitative estimate of drug-likeness (QED) is 0.416. The van der Waals surface area contributed by atoms with Crippen LogP contribution in [0.4, 0.5) is 0 Å². The van der Waals surface area contributed by atoms with E-state index in [1.807, 2.05) is 19.9 Å². The zero-order valence-corrected chi connectivity index (χ0v) is 19.4. The molecule has 1 unspecified atom stereocenters. The summed E-state index contributed by atoms with van der Waals surface area (Å²) < 4.78 is 7.27. The molecular formula is C26H28N6O2. The fourth-order valence-electron chi connectivity index (χ4n) is 3.80. The summed E-state index contributed by atoms with van der Waals surface area (Å²) in [6.07, 6.45) is 6.02. The summed E-state index contributed by atoms with van der Waals surface area (Å²) in [5.74, 6) is 0.546. The van der Waals surface area contributed by atoms with Crippen LogP contribution in [0.3, 0.4) is 0 Å². The molecule has 5 rings (SSSR count). The van der Waals surface area contributed by atoms with Crippen molar-refractivity contribution in [2.75, 3.05) is 6.54 Å². The largest absolute Gasteiger partial charge is 0.354 e. The number of nitrogens with two attached hydrogens (primary N) is 1. The zero-order chi connectivity index (χ0) is 23.7. The van der Waals surface area contributed by atoms with E-state index in [9.17, 15) is 4.79 Å². The Balaban J connectivity index is 1.41. The zero-order valence-electron chi connectivity index (χ0n) is 19.4. The van der Waals surface area contributed by atoms with Crippen LogP contribution in [0.5, 0.6) is 0 Å². The highest BCUT2D eigenvalue weighted by atomic mass is 16.5. The van der Waals surface area contributed by atoms with Gasteiger partial charge in [0.25, 0.3) is 5.56 Å². The molecule has 0 spiro atoms. The Hall–Kier alpha value is -3.62. The van der Waals surface area contributed by atoms with Crippen molar-refractivity contribution in [1.29, 1.82) is 0 Å². The van der Waals surface area contributed by atoms with Crippen LogP contribution in [-0.2, 0) is 6.54 Å². The van der Waals surface area contributed by atoms with Crippen LogP contribution in [-0.4, -0.2) is 32.3 Å². The summed E-state index contributed by atoms with van der Waals surface area (Å²) >= 11 is 0. The van der Waals surface area contributed by atoms with Crippen LogP contribution >= 0.6 is 0 Å². The van der Waals surface area contributed by atoms with Crippen molar-refractivity contribution in [2.24, 2.45) is 5.73 Å². The predicted molar refractivity (Wildman–Crippen MR) is 131 cm³/mol. The second-order valence-corrected chi connectivity index (χ2v) is 8.87. The Morgan fingerprint density at radius 3 is 2.65 bits per heavy atom. The molecule has 174 valence electrons. The number of aromatic nitrogens is 4. The normalized spacial score (nSPS) is 14.3. The van der Waals surface area contributed by atoms with Gasteiger partial charge in [0, 0.05) is 54.6 Å². The third-order valence-corrected chi connectivity index (χ3v) is 6.17. The molecule has 1 fully saturated rings. The van der Waals surface area contributed by atoms with Crippen molar-refractivity contribution in [3.63, 3.8) is 0 Å². The summed E-state index contributed by atoms with van der Waals surface area (Å²) in [6, 6.07) is 14.1. The van der Waals surface area contributed by atoms with Crippen molar-refractivity contribution in [1.82, 2.24) is 25.0 Å². The lowest BCUT2D eigenvalue weighted by Gasteiger charge is -2.14. The summed E-state index contributed by atoms with van der Waals surface area (Å²) in [5.41, 5.74) is 11.4. The van der Waals surface area contributed by atoms with Gasteiger partial charge in [-0.3, -0.25) is 9.78 Å². The number of hydrogen-bond donors (Lipinski definition) is 2. The number of rotatable bonds is 8. The monoisotopic (exact) mass is 456 g/mol. The van der Waals surface area contributed by atoms with E-state index in [2.05, 4.69) is 39.7 Å². The van der Waals surface area contributed by atoms with Crippen LogP contribution in [0, 0.1) is 6.92 Å². The first kappa shape index (κ1) is 22.2. The van der Waals surface area contributed by atoms with Gasteiger partial charge in [0.05, 0.1) is 17.6 Å². The van der Waals surface area contributed by atoms with E-state index in [0.717, 1.165) is 29.1 Å². The fourth-order valence-corrected chi connectivity index (χ4v) is 3.80. The van der Waals surface area contributed by atoms with E-state index in [-0.39, 0.29) is 11.6 Å². The van der Waals surface area contributed by atoms with E-state index in [4.69, 9.17) is 15.2 Å². The van der Waals surface area contributed by atoms with Crippen molar-refractivity contribution >= 4 is 0 Å². The van der Waals surface area contributed by atoms with Gasteiger partial charge >= 0.3 is 0 Å². The van der Waals surface area contributed by atoms with E-state index >= 15 is 0 Å². The molecule has 0 radical (unpaired) electrons. The van der Waals surface area contributed by atoms with Crippen LogP contribution in [0.2, 0.25) is 0 Å². The number of hydrogen-bond acceptors (Lipinski definition) is 7. The summed E-state index contributed by atoms with van der Waals surface area (Å²) in [4.78, 5) is 21.5. The Labute approximate surface area is 197 Å². The molecule has 1 saturated carbocycles. The number of pyridine rings is 1. The predicted octanol–water partition coefficient (Wildman–Crippen LogP) is 3.71. The molecule has 3 aromatic heterocycles. The number of aryl methyl sites for hydroxylation is 1. The van der Waals surface area contributed by atoms with Gasteiger partial charge in [-0.15, -0.1) is 0 Å². The third-order valence-electron chi connectivity index (χ3n) is 6.17. The summed E-state index contributed by atoms with van der Waals surface area (Å²) in [6.45, 7) is 5.04. The number of nitrogens with zero attached hydrogens (tertiary/aromatic N) is 4. The Kier molecular flexibility index (Phi) is 6.08. The van der Waals surface area contributed by atoms with Crippen LogP contribution in [0.25, 0.3) is 34.0 Å². The average molecular weight is 457 g/mol. The highest BCUT2D eigenvalue weighted by molar-refractivity contribution is 5.68. The lowest BCUT2D eigenvalue weighted by Crippen LogP contribution is -2.26. The Bertz CT molecular complexity index is 1350. The fraction of sp³-hybridized carbons (Fsp3) is 0.308. The SMILES string of the molecule is Cc1ncc(-c2ccc(=O)n(C(C)CN)c2)nc1-c1cc(-c2ccc(CNC3CC3)cc2)no1. The second kappa shape index (κ2) is 9.32. The topological polar surface area (TPSA) is 112 Å². The first-order valence-corrected chi connectivity index (χ1v) is 11.6. The molecule has 0 saturated heterocycles. The molecular weight excluding hydrogens is 428 g/mol. The van der Waals surface area contributed by atoms with Crippen LogP contribution in [0.1, 0.15) is 37.1 Å². The first-order valence-electron chi connectivity index (χ1n) is 11.6. The lowest BCUT2D eigenvalue weighted by molar-refractivity contribution is 0.433. The highest BCUT2D eigenvalue weighted by Crippen LogP contribution is 2.28. The number of nitrogens with one attached hydrogen (secondary N) is 1. The maximum atomic E-state index is 12.2. The van der Waals surface area contributed by atoms with Gasteiger partial charge in [-0.05, 0) is 38.3 Å². The molecule has 1 aliphatic rings. The summed E-state index contributed by atoms with van der Waals surface area (Å²) in [7, 11) is 0. The molecule has 8 nitrogen and oxygen atoms in total. The van der Waals surface area contributed by atoms with Gasteiger partial charge in [-0.2, -0.15) is 0 Å². The Morgan fingerprint density at radius 2 is 1.91 bits per heavy atom. The molecule has 1 atom stereocenters. The van der Waals surface area contributed by atoms with E-state index in [1.54, 1.807) is 23.0 Å². The molecule has 3 heterocycles. The molecule has 1 aliphatic carbocycles. The number of benzene rings is 1. The van der Waals surface area contributed by atoms with Gasteiger partial charge in [0.15, 0.2) is 5.76 Å². The van der Waals surface area contributed by atoms with Crippen molar-refractivity contribution in [3.8, 4) is 34.0 Å². The lowest BCUT2D eigenvalue weighted by atomic mass is 10.1. The molecule has 0 amide bonds. The standard InChI is InChI=1S/C26H28N6O2/c1-16(12-27)32-15-20(7-10-25(32)33)23-14-28-17(2)26(30-23)24-11-22(31-34-24)19-5-3-18(4-6-19)13-29-21-8-9-21/h3-7,10-11,14-16,21,29H,8-9,12-13,27H2,1-2H3. The van der Waals surface area contributed by atoms with E-state index < -0.39 is 0 Å². The van der Waals surface area contributed by atoms with Gasteiger partial charge in [0.1, 0.15) is 11.4 Å². The molecule has 4 aromatic rings. The molecule has 0 bridgehead atoms. The van der Waals surface area contributed by atoms with Crippen LogP contribution in [0.15, 0.2) is 64.2 Å². The molecule has 3 N–H and O–H groups in total. The minimum atomic E-state index is -0.113. The molecule has 0 aliphatic heterocycles. The van der Waals surface area contributed by atoms with Crippen LogP contribution < -0.4 is 16.6 Å². The second-order valence-electron chi connectivity index (χ2n) is 8.87. The molecule has 34 heavy (non-hydrogen) atoms. The summed E-state index contributed by atoms with van der Waals surface area (Å²) in [5, 5.41) is 7.79. The van der Waals surface area contributed by atoms with Crippen molar-refractivity contribution in [3.05, 3.63) is 76.5 Å². The van der Waals surface area contributed by atoms with Gasteiger partial charge in [0.2, 0.25) is 0 Å². The average Bonchev–Trinajstić information content (AvgIpc) is 3.57.